The van der Waals surface area contributed by atoms with Crippen LogP contribution in [0.3, 0.4) is 0 Å². The molecule has 4 saturated heterocycles. The molecule has 0 aliphatic carbocycles. The zero-order chi connectivity index (χ0) is 26.0. The van der Waals surface area contributed by atoms with Crippen molar-refractivity contribution in [3.05, 3.63) is 0 Å². The van der Waals surface area contributed by atoms with Crippen molar-refractivity contribution >= 4 is 0 Å². The van der Waals surface area contributed by atoms with E-state index in [1.54, 1.807) is 0 Å². The van der Waals surface area contributed by atoms with Crippen LogP contribution in [0.4, 0.5) is 0 Å². The molecular formula is C29H58O4. The molecule has 0 aromatic heterocycles. The molecule has 4 fully saturated rings. The van der Waals surface area contributed by atoms with Gasteiger partial charge in [-0.3, -0.25) is 0 Å². The van der Waals surface area contributed by atoms with E-state index in [0.29, 0.717) is 64.2 Å². The van der Waals surface area contributed by atoms with E-state index in [0.717, 1.165) is 13.2 Å². The lowest BCUT2D eigenvalue weighted by atomic mass is 9.87. The van der Waals surface area contributed by atoms with Crippen molar-refractivity contribution in [1.82, 2.24) is 0 Å². The Bertz CT molecular complexity index is 562. The van der Waals surface area contributed by atoms with Gasteiger partial charge in [-0.25, -0.2) is 0 Å². The molecule has 4 heterocycles. The highest BCUT2D eigenvalue weighted by Crippen LogP contribution is 2.41. The first-order chi connectivity index (χ1) is 14.6. The molecule has 4 aliphatic rings. The molecule has 198 valence electrons. The molecule has 0 bridgehead atoms. The second-order valence-corrected chi connectivity index (χ2v) is 15.2. The van der Waals surface area contributed by atoms with Crippen molar-refractivity contribution < 1.29 is 18.9 Å². The first-order valence-electron chi connectivity index (χ1n) is 13.2. The summed E-state index contributed by atoms with van der Waals surface area (Å²) in [5.41, 5.74) is 1.55. The van der Waals surface area contributed by atoms with Gasteiger partial charge in [0.25, 0.3) is 0 Å². The van der Waals surface area contributed by atoms with Gasteiger partial charge in [0.1, 0.15) is 0 Å². The third-order valence-electron chi connectivity index (χ3n) is 6.14. The van der Waals surface area contributed by atoms with E-state index >= 15 is 0 Å². The first-order valence-corrected chi connectivity index (χ1v) is 13.2. The van der Waals surface area contributed by atoms with Crippen molar-refractivity contribution in [2.24, 2.45) is 27.6 Å². The summed E-state index contributed by atoms with van der Waals surface area (Å²) in [6, 6.07) is 0. The van der Waals surface area contributed by atoms with Gasteiger partial charge in [-0.15, -0.1) is 0 Å². The largest absolute Gasteiger partial charge is 0.373 e. The fraction of sp³-hybridized carbons (Fsp3) is 1.00. The maximum absolute atomic E-state index is 5.54. The van der Waals surface area contributed by atoms with Crippen LogP contribution in [0.15, 0.2) is 0 Å². The second kappa shape index (κ2) is 11.3. The molecule has 0 spiro atoms. The SMILES string of the molecule is CC(C)(C)C1CO1.CC(C)(C)CC1CO1.CC(C)C1OC1C(C)(C)C.CC1OC1C(C)(C)C. The Labute approximate surface area is 206 Å². The molecule has 6 atom stereocenters. The van der Waals surface area contributed by atoms with Gasteiger partial charge in [-0.1, -0.05) is 96.9 Å². The Morgan fingerprint density at radius 3 is 1.15 bits per heavy atom. The molecule has 4 heteroatoms. The van der Waals surface area contributed by atoms with E-state index in [2.05, 4.69) is 104 Å². The van der Waals surface area contributed by atoms with E-state index in [9.17, 15) is 0 Å². The Balaban J connectivity index is 0.000000222. The summed E-state index contributed by atoms with van der Waals surface area (Å²) >= 11 is 0. The minimum absolute atomic E-state index is 0.342. The molecular weight excluding hydrogens is 412 g/mol. The third kappa shape index (κ3) is 14.1. The van der Waals surface area contributed by atoms with E-state index in [1.165, 1.54) is 6.42 Å². The van der Waals surface area contributed by atoms with Gasteiger partial charge in [-0.2, -0.15) is 0 Å². The van der Waals surface area contributed by atoms with Crippen LogP contribution in [0.25, 0.3) is 0 Å². The molecule has 4 nitrogen and oxygen atoms in total. The smallest absolute Gasteiger partial charge is 0.0892 e. The van der Waals surface area contributed by atoms with Crippen LogP contribution < -0.4 is 0 Å². The van der Waals surface area contributed by atoms with Crippen LogP contribution in [-0.4, -0.2) is 49.8 Å². The zero-order valence-corrected chi connectivity index (χ0v) is 24.8. The molecule has 6 unspecified atom stereocenters. The quantitative estimate of drug-likeness (QED) is 0.391. The highest BCUT2D eigenvalue weighted by Gasteiger charge is 2.48. The predicted molar refractivity (Wildman–Crippen MR) is 140 cm³/mol. The second-order valence-electron chi connectivity index (χ2n) is 15.2. The molecule has 0 saturated carbocycles. The molecule has 0 aromatic carbocycles. The van der Waals surface area contributed by atoms with Crippen molar-refractivity contribution in [2.75, 3.05) is 13.2 Å². The maximum atomic E-state index is 5.54. The molecule has 0 N–H and O–H groups in total. The third-order valence-corrected chi connectivity index (χ3v) is 6.14. The zero-order valence-electron chi connectivity index (χ0n) is 24.8. The predicted octanol–water partition coefficient (Wildman–Crippen LogP) is 7.53. The Kier molecular flexibility index (Phi) is 10.5. The Morgan fingerprint density at radius 2 is 1.09 bits per heavy atom. The molecule has 0 amide bonds. The van der Waals surface area contributed by atoms with E-state index in [1.807, 2.05) is 0 Å². The van der Waals surface area contributed by atoms with Gasteiger partial charge in [0, 0.05) is 0 Å². The van der Waals surface area contributed by atoms with Crippen molar-refractivity contribution in [2.45, 2.75) is 147 Å². The minimum Gasteiger partial charge on any atom is -0.373 e. The van der Waals surface area contributed by atoms with Gasteiger partial charge < -0.3 is 18.9 Å². The van der Waals surface area contributed by atoms with Crippen molar-refractivity contribution in [3.63, 3.8) is 0 Å². The van der Waals surface area contributed by atoms with Crippen LogP contribution in [0.1, 0.15) is 110 Å². The lowest BCUT2D eigenvalue weighted by Crippen LogP contribution is -2.18. The van der Waals surface area contributed by atoms with Gasteiger partial charge in [-0.05, 0) is 40.9 Å². The molecule has 0 radical (unpaired) electrons. The number of ether oxygens (including phenoxy) is 4. The van der Waals surface area contributed by atoms with Crippen LogP contribution in [0, 0.1) is 27.6 Å². The molecule has 4 rings (SSSR count). The number of hydrogen-bond acceptors (Lipinski definition) is 4. The number of rotatable bonds is 2. The highest BCUT2D eigenvalue weighted by molar-refractivity contribution is 4.95. The van der Waals surface area contributed by atoms with E-state index < -0.39 is 0 Å². The summed E-state index contributed by atoms with van der Waals surface area (Å²) in [5.74, 6) is 0.684. The summed E-state index contributed by atoms with van der Waals surface area (Å²) in [6.07, 6.45) is 4.42. The summed E-state index contributed by atoms with van der Waals surface area (Å²) < 4.78 is 21.0. The van der Waals surface area contributed by atoms with Gasteiger partial charge in [0.2, 0.25) is 0 Å². The van der Waals surface area contributed by atoms with Crippen molar-refractivity contribution in [3.8, 4) is 0 Å². The summed E-state index contributed by atoms with van der Waals surface area (Å²) in [7, 11) is 0. The molecule has 0 aromatic rings. The fourth-order valence-electron chi connectivity index (χ4n) is 3.84. The maximum Gasteiger partial charge on any atom is 0.0892 e. The average Bonchev–Trinajstić information content (AvgIpc) is 3.37. The fourth-order valence-corrected chi connectivity index (χ4v) is 3.84. The summed E-state index contributed by atoms with van der Waals surface area (Å²) in [4.78, 5) is 0. The molecule has 4 aliphatic heterocycles. The van der Waals surface area contributed by atoms with Crippen LogP contribution in [0.5, 0.6) is 0 Å². The standard InChI is InChI=1S/C9H18O.2C7H14O.C6H12O/c1-6(2)7-8(10-7)9(3,4)5;1-7(2,3)4-6-5-8-6;1-5-6(8-5)7(2,3)4;1-6(2,3)5-4-7-5/h6-8H,1-5H3;6H,4-5H2,1-3H3;5-6H,1-4H3;5H,4H2,1-3H3. The first kappa shape index (κ1) is 30.9. The minimum atomic E-state index is 0.342. The number of hydrogen-bond donors (Lipinski definition) is 0. The van der Waals surface area contributed by atoms with Crippen LogP contribution in [-0.2, 0) is 18.9 Å². The number of epoxide rings is 4. The van der Waals surface area contributed by atoms with Crippen molar-refractivity contribution in [1.29, 1.82) is 0 Å². The normalized spacial score (nSPS) is 32.4. The van der Waals surface area contributed by atoms with Crippen LogP contribution in [0.2, 0.25) is 0 Å². The monoisotopic (exact) mass is 470 g/mol. The topological polar surface area (TPSA) is 50.1 Å². The Hall–Kier alpha value is -0.160. The lowest BCUT2D eigenvalue weighted by Gasteiger charge is -2.15. The van der Waals surface area contributed by atoms with E-state index in [-0.39, 0.29) is 0 Å². The van der Waals surface area contributed by atoms with E-state index in [4.69, 9.17) is 18.9 Å². The average molecular weight is 471 g/mol. The highest BCUT2D eigenvalue weighted by atomic mass is 16.6. The Morgan fingerprint density at radius 1 is 0.667 bits per heavy atom. The molecule has 33 heavy (non-hydrogen) atoms. The van der Waals surface area contributed by atoms with Gasteiger partial charge in [0.05, 0.1) is 49.8 Å². The summed E-state index contributed by atoms with van der Waals surface area (Å²) in [6.45, 7) is 35.2. The van der Waals surface area contributed by atoms with Crippen LogP contribution >= 0.6 is 0 Å². The van der Waals surface area contributed by atoms with Gasteiger partial charge in [0.15, 0.2) is 0 Å². The summed E-state index contributed by atoms with van der Waals surface area (Å²) in [5, 5.41) is 0. The lowest BCUT2D eigenvalue weighted by molar-refractivity contribution is 0.256. The van der Waals surface area contributed by atoms with Gasteiger partial charge >= 0.3 is 0 Å².